The molecule has 60 valence electrons. The molecule has 0 aromatic carbocycles. The van der Waals surface area contributed by atoms with Crippen molar-refractivity contribution >= 4 is 17.9 Å². The first kappa shape index (κ1) is 12.8. The van der Waals surface area contributed by atoms with Crippen molar-refractivity contribution in [3.8, 4) is 0 Å². The molecule has 0 aromatic heterocycles. The Bertz CT molecular complexity index is 194. The van der Waals surface area contributed by atoms with E-state index in [0.717, 1.165) is 0 Å². The quantitative estimate of drug-likeness (QED) is 0.369. The van der Waals surface area contributed by atoms with Crippen molar-refractivity contribution in [2.75, 3.05) is 0 Å². The van der Waals surface area contributed by atoms with Crippen molar-refractivity contribution in [3.05, 3.63) is 0 Å². The maximum Gasteiger partial charge on any atom is 1.00 e. The van der Waals surface area contributed by atoms with Crippen molar-refractivity contribution in [1.29, 1.82) is 0 Å². The smallest absolute Gasteiger partial charge is 0.541 e. The van der Waals surface area contributed by atoms with Crippen LogP contribution in [0.5, 0.6) is 0 Å². The second kappa shape index (κ2) is 5.53. The summed E-state index contributed by atoms with van der Waals surface area (Å²) in [6, 6.07) is 0. The fourth-order valence-corrected chi connectivity index (χ4v) is 1.31. The van der Waals surface area contributed by atoms with Crippen LogP contribution in [0.1, 0.15) is 19.8 Å². The van der Waals surface area contributed by atoms with E-state index in [2.05, 4.69) is 0 Å². The van der Waals surface area contributed by atoms with Crippen molar-refractivity contribution in [2.45, 2.75) is 19.8 Å². The summed E-state index contributed by atoms with van der Waals surface area (Å²) in [6.45, 7) is 1.83. The molecule has 0 aliphatic heterocycles. The molecule has 1 fully saturated rings. The maximum atomic E-state index is 11.0. The summed E-state index contributed by atoms with van der Waals surface area (Å²) in [7, 11) is 0. The van der Waals surface area contributed by atoms with Crippen molar-refractivity contribution in [2.24, 2.45) is 11.8 Å². The topological polar surface area (TPSA) is 51.2 Å². The van der Waals surface area contributed by atoms with Gasteiger partial charge in [0.1, 0.15) is 11.6 Å². The molecule has 0 atom stereocenters. The Balaban J connectivity index is 0.00000121. The predicted octanol–water partition coefficient (Wildman–Crippen LogP) is -2.72. The predicted molar refractivity (Wildman–Crippen MR) is 37.6 cm³/mol. The van der Waals surface area contributed by atoms with E-state index in [9.17, 15) is 14.4 Å². The Labute approximate surface area is 120 Å². The number of hydrogen-bond donors (Lipinski definition) is 0. The van der Waals surface area contributed by atoms with Crippen LogP contribution in [0, 0.1) is 11.8 Å². The molecule has 0 aromatic rings. The minimum absolute atomic E-state index is 0. The molecule has 3 nitrogen and oxygen atoms in total. The van der Waals surface area contributed by atoms with Gasteiger partial charge in [0, 0.05) is 12.8 Å². The molecule has 4 heteroatoms. The molecule has 0 bridgehead atoms. The number of ketones is 2. The number of Topliss-reactive ketones (excluding diaryl/α,β-unsaturated/α-hetero) is 2. The van der Waals surface area contributed by atoms with Gasteiger partial charge >= 0.3 is 58.2 Å². The van der Waals surface area contributed by atoms with E-state index in [-0.39, 0.29) is 75.7 Å². The van der Waals surface area contributed by atoms with Gasteiger partial charge in [0.25, 0.3) is 0 Å². The van der Waals surface area contributed by atoms with E-state index >= 15 is 0 Å². The molecule has 1 aliphatic carbocycles. The van der Waals surface area contributed by atoms with Crippen LogP contribution in [-0.2, 0) is 14.4 Å². The Morgan fingerprint density at radius 3 is 2.00 bits per heavy atom. The average molecular weight is 239 g/mol. The van der Waals surface area contributed by atoms with Crippen molar-refractivity contribution in [1.82, 2.24) is 0 Å². The first-order valence-electron chi connectivity index (χ1n) is 3.58. The van der Waals surface area contributed by atoms with Crippen LogP contribution in [0.4, 0.5) is 0 Å². The summed E-state index contributed by atoms with van der Waals surface area (Å²) >= 11 is 0. The Morgan fingerprint density at radius 2 is 1.67 bits per heavy atom. The molecule has 0 unspecified atom stereocenters. The standard InChI is InChI=1S/C8H9O3.Rb/c1-5-2-7(10)6(4-9)8(11)3-5;/h5-6H,2-3H2,1H3;/q-1;+1. The molecule has 1 aliphatic rings. The Morgan fingerprint density at radius 1 is 1.25 bits per heavy atom. The summed E-state index contributed by atoms with van der Waals surface area (Å²) in [5, 5.41) is 0. The SMILES string of the molecule is CC1CC(=O)C([C-]=O)C(=O)C1.[Rb+]. The van der Waals surface area contributed by atoms with E-state index in [1.165, 1.54) is 6.29 Å². The largest absolute Gasteiger partial charge is 1.00 e. The van der Waals surface area contributed by atoms with E-state index in [1.807, 2.05) is 6.92 Å². The monoisotopic (exact) mass is 238 g/mol. The van der Waals surface area contributed by atoms with Crippen LogP contribution in [-0.4, -0.2) is 17.9 Å². The first-order valence-corrected chi connectivity index (χ1v) is 3.58. The van der Waals surface area contributed by atoms with E-state index in [4.69, 9.17) is 0 Å². The van der Waals surface area contributed by atoms with E-state index < -0.39 is 5.92 Å². The van der Waals surface area contributed by atoms with Gasteiger partial charge in [0.2, 0.25) is 0 Å². The zero-order valence-corrected chi connectivity index (χ0v) is 12.2. The second-order valence-corrected chi connectivity index (χ2v) is 3.00. The maximum absolute atomic E-state index is 11.0. The van der Waals surface area contributed by atoms with Gasteiger partial charge in [-0.2, -0.15) is 0 Å². The molecule has 0 saturated heterocycles. The Hall–Kier alpha value is 0.815. The average Bonchev–Trinajstić information content (AvgIpc) is 1.85. The zero-order chi connectivity index (χ0) is 8.43. The minimum atomic E-state index is -1.08. The number of rotatable bonds is 1. The van der Waals surface area contributed by atoms with Crippen molar-refractivity contribution in [3.63, 3.8) is 0 Å². The second-order valence-electron chi connectivity index (χ2n) is 3.00. The van der Waals surface area contributed by atoms with E-state index in [0.29, 0.717) is 12.8 Å². The molecule has 1 rings (SSSR count). The van der Waals surface area contributed by atoms with Gasteiger partial charge in [0.05, 0.1) is 0 Å². The zero-order valence-electron chi connectivity index (χ0n) is 7.29. The fraction of sp³-hybridized carbons (Fsp3) is 0.625. The van der Waals surface area contributed by atoms with Gasteiger partial charge in [-0.15, -0.1) is 0 Å². The summed E-state index contributed by atoms with van der Waals surface area (Å²) in [5.74, 6) is -1.53. The minimum Gasteiger partial charge on any atom is -0.541 e. The summed E-state index contributed by atoms with van der Waals surface area (Å²) in [5.41, 5.74) is 0. The third kappa shape index (κ3) is 2.94. The fourth-order valence-electron chi connectivity index (χ4n) is 1.31. The molecule has 0 heterocycles. The van der Waals surface area contributed by atoms with Gasteiger partial charge in [-0.25, -0.2) is 6.29 Å². The van der Waals surface area contributed by atoms with Gasteiger partial charge in [0.15, 0.2) is 0 Å². The van der Waals surface area contributed by atoms with Crippen LogP contribution >= 0.6 is 0 Å². The molecule has 0 spiro atoms. The third-order valence-corrected chi connectivity index (χ3v) is 1.86. The number of carbonyl (C=O) groups is 2. The van der Waals surface area contributed by atoms with Crippen LogP contribution in [0.2, 0.25) is 0 Å². The molecular weight excluding hydrogens is 230 g/mol. The van der Waals surface area contributed by atoms with Crippen LogP contribution in [0.25, 0.3) is 0 Å². The van der Waals surface area contributed by atoms with Gasteiger partial charge < -0.3 is 14.4 Å². The number of hydrogen-bond acceptors (Lipinski definition) is 3. The molecule has 0 radical (unpaired) electrons. The van der Waals surface area contributed by atoms with Gasteiger partial charge in [-0.1, -0.05) is 6.92 Å². The summed E-state index contributed by atoms with van der Waals surface area (Å²) < 4.78 is 0. The van der Waals surface area contributed by atoms with Crippen LogP contribution < -0.4 is 58.2 Å². The number of carbonyl (C=O) groups excluding carboxylic acids is 3. The Kier molecular flexibility index (Phi) is 5.90. The van der Waals surface area contributed by atoms with Gasteiger partial charge in [-0.05, 0) is 11.8 Å². The normalized spacial score (nSPS) is 29.4. The molecule has 0 N–H and O–H groups in total. The van der Waals surface area contributed by atoms with Gasteiger partial charge in [-0.3, -0.25) is 0 Å². The van der Waals surface area contributed by atoms with Crippen LogP contribution in [0.15, 0.2) is 0 Å². The van der Waals surface area contributed by atoms with E-state index in [1.54, 1.807) is 0 Å². The molecular formula is C8H9O3Rb. The van der Waals surface area contributed by atoms with Crippen molar-refractivity contribution < 1.29 is 72.6 Å². The molecule has 12 heavy (non-hydrogen) atoms. The first-order chi connectivity index (χ1) is 5.15. The summed E-state index contributed by atoms with van der Waals surface area (Å²) in [4.78, 5) is 32.0. The van der Waals surface area contributed by atoms with Crippen LogP contribution in [0.3, 0.4) is 0 Å². The summed E-state index contributed by atoms with van der Waals surface area (Å²) in [6.07, 6.45) is 2.15. The third-order valence-electron chi connectivity index (χ3n) is 1.86. The molecule has 1 saturated carbocycles. The molecule has 0 amide bonds.